The molecule has 0 heterocycles. The van der Waals surface area contributed by atoms with Crippen LogP contribution in [0.4, 0.5) is 11.4 Å². The van der Waals surface area contributed by atoms with Crippen LogP contribution < -0.4 is 10.6 Å². The molecule has 0 aliphatic heterocycles. The van der Waals surface area contributed by atoms with Gasteiger partial charge < -0.3 is 10.6 Å². The topological polar surface area (TPSA) is 41.1 Å². The summed E-state index contributed by atoms with van der Waals surface area (Å²) in [7, 11) is 0. The molecule has 0 radical (unpaired) electrons. The number of carbonyl (C=O) groups is 1. The van der Waals surface area contributed by atoms with Crippen LogP contribution in [0, 0.1) is 0 Å². The fourth-order valence-corrected chi connectivity index (χ4v) is 1.88. The molecule has 0 unspecified atom stereocenters. The zero-order chi connectivity index (χ0) is 14.4. The second kappa shape index (κ2) is 6.78. The number of hydrogen-bond donors (Lipinski definition) is 2. The Balaban J connectivity index is 2.02. The summed E-state index contributed by atoms with van der Waals surface area (Å²) in [5, 5.41) is 6.53. The fourth-order valence-electron chi connectivity index (χ4n) is 1.69. The van der Waals surface area contributed by atoms with Gasteiger partial charge in [-0.3, -0.25) is 4.79 Å². The molecule has 20 heavy (non-hydrogen) atoms. The molecule has 2 aromatic rings. The number of benzene rings is 2. The number of halogens is 1. The summed E-state index contributed by atoms with van der Waals surface area (Å²) >= 11 is 5.86. The quantitative estimate of drug-likeness (QED) is 0.809. The van der Waals surface area contributed by atoms with E-state index in [9.17, 15) is 4.79 Å². The lowest BCUT2D eigenvalue weighted by atomic mass is 10.2. The van der Waals surface area contributed by atoms with Crippen molar-refractivity contribution in [1.82, 2.24) is 0 Å². The van der Waals surface area contributed by atoms with Gasteiger partial charge in [0.1, 0.15) is 0 Å². The van der Waals surface area contributed by atoms with Gasteiger partial charge in [0.25, 0.3) is 5.91 Å². The van der Waals surface area contributed by atoms with E-state index in [-0.39, 0.29) is 5.91 Å². The monoisotopic (exact) mass is 286 g/mol. The molecular weight excluding hydrogens is 272 g/mol. The van der Waals surface area contributed by atoms with E-state index in [1.54, 1.807) is 30.3 Å². The van der Waals surface area contributed by atoms with Crippen LogP contribution in [0.3, 0.4) is 0 Å². The van der Waals surface area contributed by atoms with Crippen molar-refractivity contribution >= 4 is 28.9 Å². The maximum absolute atomic E-state index is 12.0. The van der Waals surface area contributed by atoms with E-state index in [1.807, 2.05) is 24.3 Å². The first kappa shape index (κ1) is 14.2. The number of anilines is 2. The molecular formula is C16H15ClN2O. The zero-order valence-electron chi connectivity index (χ0n) is 10.9. The Hall–Kier alpha value is -2.26. The predicted molar refractivity (Wildman–Crippen MR) is 84.5 cm³/mol. The van der Waals surface area contributed by atoms with Crippen LogP contribution in [0.5, 0.6) is 0 Å². The van der Waals surface area contributed by atoms with Crippen molar-refractivity contribution in [3.05, 3.63) is 71.8 Å². The first-order valence-corrected chi connectivity index (χ1v) is 6.58. The van der Waals surface area contributed by atoms with Crippen molar-refractivity contribution < 1.29 is 4.79 Å². The Morgan fingerprint density at radius 2 is 1.85 bits per heavy atom. The molecule has 0 aromatic heterocycles. The third kappa shape index (κ3) is 3.87. The minimum atomic E-state index is -0.181. The fraction of sp³-hybridized carbons (Fsp3) is 0.0625. The number of rotatable bonds is 5. The van der Waals surface area contributed by atoms with Crippen molar-refractivity contribution in [1.29, 1.82) is 0 Å². The Bertz CT molecular complexity index is 608. The SMILES string of the molecule is C=CCNc1ccc(NC(=O)c2cccc(Cl)c2)cc1. The Morgan fingerprint density at radius 3 is 2.50 bits per heavy atom. The maximum atomic E-state index is 12.0. The van der Waals surface area contributed by atoms with Gasteiger partial charge in [0.2, 0.25) is 0 Å². The van der Waals surface area contributed by atoms with Crippen LogP contribution >= 0.6 is 11.6 Å². The van der Waals surface area contributed by atoms with Crippen LogP contribution in [0.2, 0.25) is 5.02 Å². The number of nitrogens with one attached hydrogen (secondary N) is 2. The maximum Gasteiger partial charge on any atom is 0.255 e. The summed E-state index contributed by atoms with van der Waals surface area (Å²) in [5.74, 6) is -0.181. The Labute approximate surface area is 123 Å². The summed E-state index contributed by atoms with van der Waals surface area (Å²) < 4.78 is 0. The molecule has 2 aromatic carbocycles. The Morgan fingerprint density at radius 1 is 1.15 bits per heavy atom. The normalized spacial score (nSPS) is 9.85. The summed E-state index contributed by atoms with van der Waals surface area (Å²) in [6, 6.07) is 14.3. The van der Waals surface area contributed by atoms with Crippen LogP contribution in [-0.2, 0) is 0 Å². The van der Waals surface area contributed by atoms with Crippen molar-refractivity contribution in [3.63, 3.8) is 0 Å². The first-order chi connectivity index (χ1) is 9.69. The van der Waals surface area contributed by atoms with Crippen molar-refractivity contribution in [3.8, 4) is 0 Å². The van der Waals surface area contributed by atoms with Crippen molar-refractivity contribution in [2.45, 2.75) is 0 Å². The largest absolute Gasteiger partial charge is 0.382 e. The molecule has 0 bridgehead atoms. The second-order valence-corrected chi connectivity index (χ2v) is 4.65. The molecule has 2 N–H and O–H groups in total. The summed E-state index contributed by atoms with van der Waals surface area (Å²) in [4.78, 5) is 12.0. The van der Waals surface area contributed by atoms with Gasteiger partial charge in [-0.05, 0) is 42.5 Å². The van der Waals surface area contributed by atoms with Gasteiger partial charge in [-0.25, -0.2) is 0 Å². The molecule has 2 rings (SSSR count). The predicted octanol–water partition coefficient (Wildman–Crippen LogP) is 4.19. The molecule has 0 fully saturated rings. The van der Waals surface area contributed by atoms with E-state index < -0.39 is 0 Å². The van der Waals surface area contributed by atoms with Gasteiger partial charge in [0.15, 0.2) is 0 Å². The molecule has 0 aliphatic rings. The van der Waals surface area contributed by atoms with Crippen molar-refractivity contribution in [2.75, 3.05) is 17.2 Å². The third-order valence-corrected chi connectivity index (χ3v) is 2.92. The first-order valence-electron chi connectivity index (χ1n) is 6.21. The molecule has 4 heteroatoms. The molecule has 3 nitrogen and oxygen atoms in total. The van der Waals surface area contributed by atoms with Crippen molar-refractivity contribution in [2.24, 2.45) is 0 Å². The lowest BCUT2D eigenvalue weighted by Crippen LogP contribution is -2.11. The molecule has 0 aliphatic carbocycles. The van der Waals surface area contributed by atoms with Crippen LogP contribution in [-0.4, -0.2) is 12.5 Å². The van der Waals surface area contributed by atoms with E-state index in [0.29, 0.717) is 17.1 Å². The van der Waals surface area contributed by atoms with Crippen LogP contribution in [0.25, 0.3) is 0 Å². The highest BCUT2D eigenvalue weighted by molar-refractivity contribution is 6.31. The van der Waals surface area contributed by atoms with Gasteiger partial charge in [-0.2, -0.15) is 0 Å². The molecule has 1 amide bonds. The smallest absolute Gasteiger partial charge is 0.255 e. The van der Waals surface area contributed by atoms with Gasteiger partial charge in [-0.1, -0.05) is 23.7 Å². The number of carbonyl (C=O) groups excluding carboxylic acids is 1. The van der Waals surface area contributed by atoms with Gasteiger partial charge >= 0.3 is 0 Å². The highest BCUT2D eigenvalue weighted by atomic mass is 35.5. The van der Waals surface area contributed by atoms with Gasteiger partial charge in [0.05, 0.1) is 0 Å². The highest BCUT2D eigenvalue weighted by Crippen LogP contribution is 2.16. The molecule has 0 saturated carbocycles. The van der Waals surface area contributed by atoms with Gasteiger partial charge in [-0.15, -0.1) is 6.58 Å². The average Bonchev–Trinajstić information content (AvgIpc) is 2.46. The van der Waals surface area contributed by atoms with E-state index in [1.165, 1.54) is 0 Å². The van der Waals surface area contributed by atoms with E-state index in [0.717, 1.165) is 11.4 Å². The molecule has 0 saturated heterocycles. The molecule has 0 spiro atoms. The average molecular weight is 287 g/mol. The standard InChI is InChI=1S/C16H15ClN2O/c1-2-10-18-14-6-8-15(9-7-14)19-16(20)12-4-3-5-13(17)11-12/h2-9,11,18H,1,10H2,(H,19,20). The Kier molecular flexibility index (Phi) is 4.80. The lowest BCUT2D eigenvalue weighted by Gasteiger charge is -2.07. The molecule has 0 atom stereocenters. The number of amides is 1. The lowest BCUT2D eigenvalue weighted by molar-refractivity contribution is 0.102. The number of hydrogen-bond acceptors (Lipinski definition) is 2. The van der Waals surface area contributed by atoms with Gasteiger partial charge in [0, 0.05) is 28.5 Å². The highest BCUT2D eigenvalue weighted by Gasteiger charge is 2.06. The summed E-state index contributed by atoms with van der Waals surface area (Å²) in [6.07, 6.45) is 1.79. The second-order valence-electron chi connectivity index (χ2n) is 4.21. The van der Waals surface area contributed by atoms with Crippen LogP contribution in [0.1, 0.15) is 10.4 Å². The summed E-state index contributed by atoms with van der Waals surface area (Å²) in [5.41, 5.74) is 2.25. The van der Waals surface area contributed by atoms with E-state index in [4.69, 9.17) is 11.6 Å². The zero-order valence-corrected chi connectivity index (χ0v) is 11.7. The minimum Gasteiger partial charge on any atom is -0.382 e. The minimum absolute atomic E-state index is 0.181. The van der Waals surface area contributed by atoms with Crippen LogP contribution in [0.15, 0.2) is 61.2 Å². The third-order valence-electron chi connectivity index (χ3n) is 2.68. The summed E-state index contributed by atoms with van der Waals surface area (Å²) in [6.45, 7) is 4.35. The van der Waals surface area contributed by atoms with E-state index in [2.05, 4.69) is 17.2 Å². The van der Waals surface area contributed by atoms with E-state index >= 15 is 0 Å². The molecule has 102 valence electrons.